The van der Waals surface area contributed by atoms with Crippen LogP contribution in [-0.4, -0.2) is 43.6 Å². The molecule has 18 heavy (non-hydrogen) atoms. The Labute approximate surface area is 114 Å². The highest BCUT2D eigenvalue weighted by molar-refractivity contribution is 6.18. The summed E-state index contributed by atoms with van der Waals surface area (Å²) in [6.07, 6.45) is 2.46. The molecule has 0 aliphatic carbocycles. The van der Waals surface area contributed by atoms with Crippen LogP contribution in [-0.2, 0) is 0 Å². The Bertz CT molecular complexity index is 355. The molecular weight excluding hydrogens is 250 g/mol. The summed E-state index contributed by atoms with van der Waals surface area (Å²) in [5.74, 6) is 2.46. The molecular formula is C14H20ClNO2. The van der Waals surface area contributed by atoms with Gasteiger partial charge >= 0.3 is 0 Å². The second-order valence-corrected chi connectivity index (χ2v) is 4.82. The van der Waals surface area contributed by atoms with Gasteiger partial charge in [-0.2, -0.15) is 0 Å². The molecule has 0 spiro atoms. The van der Waals surface area contributed by atoms with Crippen LogP contribution in [0.3, 0.4) is 0 Å². The molecule has 1 aromatic rings. The van der Waals surface area contributed by atoms with Crippen molar-refractivity contribution in [1.29, 1.82) is 0 Å². The second kappa shape index (κ2) is 6.86. The van der Waals surface area contributed by atoms with E-state index in [9.17, 15) is 0 Å². The molecule has 1 atom stereocenters. The van der Waals surface area contributed by atoms with E-state index in [1.807, 2.05) is 24.3 Å². The predicted octanol–water partition coefficient (Wildman–Crippen LogP) is 2.78. The van der Waals surface area contributed by atoms with Crippen molar-refractivity contribution in [1.82, 2.24) is 4.90 Å². The summed E-state index contributed by atoms with van der Waals surface area (Å²) in [7, 11) is 1.66. The van der Waals surface area contributed by atoms with Crippen molar-refractivity contribution in [3.8, 4) is 11.5 Å². The molecule has 4 heteroatoms. The van der Waals surface area contributed by atoms with Crippen molar-refractivity contribution in [2.45, 2.75) is 18.9 Å². The Morgan fingerprint density at radius 2 is 2.00 bits per heavy atom. The largest absolute Gasteiger partial charge is 0.497 e. The van der Waals surface area contributed by atoms with Crippen LogP contribution >= 0.6 is 11.6 Å². The van der Waals surface area contributed by atoms with Gasteiger partial charge in [-0.25, -0.2) is 0 Å². The first kappa shape index (κ1) is 13.5. The van der Waals surface area contributed by atoms with Gasteiger partial charge in [0, 0.05) is 18.5 Å². The Hall–Kier alpha value is -0.930. The molecule has 0 N–H and O–H groups in total. The fourth-order valence-corrected chi connectivity index (χ4v) is 2.67. The first-order valence-corrected chi connectivity index (χ1v) is 6.94. The third kappa shape index (κ3) is 3.53. The zero-order chi connectivity index (χ0) is 12.8. The molecule has 1 aliphatic heterocycles. The molecule has 0 amide bonds. The van der Waals surface area contributed by atoms with Gasteiger partial charge in [0.05, 0.1) is 7.11 Å². The number of nitrogens with zero attached hydrogens (tertiary/aromatic N) is 1. The van der Waals surface area contributed by atoms with Crippen LogP contribution in [0.4, 0.5) is 0 Å². The number of hydrogen-bond acceptors (Lipinski definition) is 3. The number of halogens is 1. The smallest absolute Gasteiger partial charge is 0.119 e. The standard InChI is InChI=1S/C14H20ClNO2/c1-17-13-4-6-14(7-5-13)18-10-9-16-8-2-3-12(16)11-15/h4-7,12H,2-3,8-11H2,1H3. The first-order valence-electron chi connectivity index (χ1n) is 6.40. The molecule has 1 saturated heterocycles. The Morgan fingerprint density at radius 1 is 1.28 bits per heavy atom. The molecule has 1 heterocycles. The van der Waals surface area contributed by atoms with E-state index in [0.29, 0.717) is 12.6 Å². The molecule has 1 aliphatic rings. The normalized spacial score (nSPS) is 20.0. The fourth-order valence-electron chi connectivity index (χ4n) is 2.32. The van der Waals surface area contributed by atoms with Gasteiger partial charge in [-0.05, 0) is 43.7 Å². The van der Waals surface area contributed by atoms with Gasteiger partial charge in [0.15, 0.2) is 0 Å². The number of alkyl halides is 1. The summed E-state index contributed by atoms with van der Waals surface area (Å²) in [5, 5.41) is 0. The Balaban J connectivity index is 1.74. The van der Waals surface area contributed by atoms with Crippen molar-refractivity contribution in [3.05, 3.63) is 24.3 Å². The van der Waals surface area contributed by atoms with Crippen molar-refractivity contribution >= 4 is 11.6 Å². The van der Waals surface area contributed by atoms with Gasteiger partial charge in [0.1, 0.15) is 18.1 Å². The zero-order valence-electron chi connectivity index (χ0n) is 10.8. The van der Waals surface area contributed by atoms with Crippen molar-refractivity contribution < 1.29 is 9.47 Å². The maximum absolute atomic E-state index is 5.94. The molecule has 0 bridgehead atoms. The van der Waals surface area contributed by atoms with Crippen molar-refractivity contribution in [2.24, 2.45) is 0 Å². The number of benzene rings is 1. The van der Waals surface area contributed by atoms with Gasteiger partial charge in [0.2, 0.25) is 0 Å². The Kier molecular flexibility index (Phi) is 5.14. The fraction of sp³-hybridized carbons (Fsp3) is 0.571. The number of likely N-dealkylation sites (tertiary alicyclic amines) is 1. The quantitative estimate of drug-likeness (QED) is 0.742. The van der Waals surface area contributed by atoms with E-state index in [2.05, 4.69) is 4.90 Å². The maximum atomic E-state index is 5.94. The number of hydrogen-bond donors (Lipinski definition) is 0. The minimum atomic E-state index is 0.533. The summed E-state index contributed by atoms with van der Waals surface area (Å²) in [6.45, 7) is 2.80. The van der Waals surface area contributed by atoms with Gasteiger partial charge in [-0.15, -0.1) is 11.6 Å². The molecule has 1 aromatic carbocycles. The molecule has 100 valence electrons. The molecule has 1 fully saturated rings. The van der Waals surface area contributed by atoms with Crippen LogP contribution in [0.2, 0.25) is 0 Å². The van der Waals surface area contributed by atoms with Gasteiger partial charge in [-0.3, -0.25) is 4.90 Å². The number of rotatable bonds is 6. The van der Waals surface area contributed by atoms with E-state index in [0.717, 1.165) is 30.5 Å². The summed E-state index contributed by atoms with van der Waals surface area (Å²) in [4.78, 5) is 2.41. The minimum Gasteiger partial charge on any atom is -0.497 e. The third-order valence-corrected chi connectivity index (χ3v) is 3.74. The minimum absolute atomic E-state index is 0.533. The lowest BCUT2D eigenvalue weighted by atomic mass is 10.2. The van der Waals surface area contributed by atoms with Crippen LogP contribution in [0.25, 0.3) is 0 Å². The average molecular weight is 270 g/mol. The summed E-state index contributed by atoms with van der Waals surface area (Å²) < 4.78 is 10.8. The highest BCUT2D eigenvalue weighted by Gasteiger charge is 2.22. The second-order valence-electron chi connectivity index (χ2n) is 4.51. The number of ether oxygens (including phenoxy) is 2. The molecule has 0 aromatic heterocycles. The predicted molar refractivity (Wildman–Crippen MR) is 73.8 cm³/mol. The van der Waals surface area contributed by atoms with Crippen LogP contribution in [0.5, 0.6) is 11.5 Å². The molecule has 1 unspecified atom stereocenters. The van der Waals surface area contributed by atoms with Crippen LogP contribution in [0.15, 0.2) is 24.3 Å². The van der Waals surface area contributed by atoms with E-state index in [4.69, 9.17) is 21.1 Å². The van der Waals surface area contributed by atoms with E-state index >= 15 is 0 Å². The van der Waals surface area contributed by atoms with Crippen LogP contribution < -0.4 is 9.47 Å². The molecule has 3 nitrogen and oxygen atoms in total. The van der Waals surface area contributed by atoms with E-state index < -0.39 is 0 Å². The summed E-state index contributed by atoms with van der Waals surface area (Å²) in [6, 6.07) is 8.22. The van der Waals surface area contributed by atoms with Crippen molar-refractivity contribution in [3.63, 3.8) is 0 Å². The lowest BCUT2D eigenvalue weighted by Crippen LogP contribution is -2.34. The summed E-state index contributed by atoms with van der Waals surface area (Å²) >= 11 is 5.94. The highest BCUT2D eigenvalue weighted by atomic mass is 35.5. The monoisotopic (exact) mass is 269 g/mol. The van der Waals surface area contributed by atoms with E-state index in [-0.39, 0.29) is 0 Å². The lowest BCUT2D eigenvalue weighted by Gasteiger charge is -2.22. The number of methoxy groups -OCH3 is 1. The SMILES string of the molecule is COc1ccc(OCCN2CCCC2CCl)cc1. The molecule has 0 radical (unpaired) electrons. The van der Waals surface area contributed by atoms with Crippen molar-refractivity contribution in [2.75, 3.05) is 32.7 Å². The summed E-state index contributed by atoms with van der Waals surface area (Å²) in [5.41, 5.74) is 0. The maximum Gasteiger partial charge on any atom is 0.119 e. The third-order valence-electron chi connectivity index (χ3n) is 3.38. The van der Waals surface area contributed by atoms with Crippen LogP contribution in [0, 0.1) is 0 Å². The molecule has 2 rings (SSSR count). The Morgan fingerprint density at radius 3 is 2.67 bits per heavy atom. The van der Waals surface area contributed by atoms with Gasteiger partial charge in [0.25, 0.3) is 0 Å². The van der Waals surface area contributed by atoms with Crippen LogP contribution in [0.1, 0.15) is 12.8 Å². The zero-order valence-corrected chi connectivity index (χ0v) is 11.5. The highest BCUT2D eigenvalue weighted by Crippen LogP contribution is 2.19. The van der Waals surface area contributed by atoms with E-state index in [1.54, 1.807) is 7.11 Å². The van der Waals surface area contributed by atoms with Gasteiger partial charge < -0.3 is 9.47 Å². The van der Waals surface area contributed by atoms with Gasteiger partial charge in [-0.1, -0.05) is 0 Å². The average Bonchev–Trinajstić information content (AvgIpc) is 2.87. The lowest BCUT2D eigenvalue weighted by molar-refractivity contribution is 0.206. The van der Waals surface area contributed by atoms with E-state index in [1.165, 1.54) is 12.8 Å². The first-order chi connectivity index (χ1) is 8.83. The topological polar surface area (TPSA) is 21.7 Å². The molecule has 0 saturated carbocycles.